The topological polar surface area (TPSA) is 84.9 Å². The molecule has 1 N–H and O–H groups in total. The van der Waals surface area contributed by atoms with Crippen LogP contribution in [0.1, 0.15) is 336 Å². The lowest BCUT2D eigenvalue weighted by molar-refractivity contribution is -0.144. The lowest BCUT2D eigenvalue weighted by Crippen LogP contribution is -2.35. The number of carbonyl (C=O) groups is 3. The minimum atomic E-state index is -0.00929. The summed E-state index contributed by atoms with van der Waals surface area (Å²) >= 11 is 0. The van der Waals surface area contributed by atoms with E-state index >= 15 is 0 Å². The van der Waals surface area contributed by atoms with Crippen molar-refractivity contribution in [2.45, 2.75) is 342 Å². The molecule has 0 aliphatic heterocycles. The maximum absolute atomic E-state index is 12.8. The summed E-state index contributed by atoms with van der Waals surface area (Å²) in [5.41, 5.74) is 0. The summed E-state index contributed by atoms with van der Waals surface area (Å²) in [7, 11) is 4.13. The number of hydrogen-bond acceptors (Lipinski definition) is 6. The van der Waals surface area contributed by atoms with Crippen molar-refractivity contribution >= 4 is 17.8 Å². The van der Waals surface area contributed by atoms with E-state index in [1.54, 1.807) is 0 Å². The minimum absolute atomic E-state index is 0.00689. The second kappa shape index (κ2) is 55.1. The number of nitrogens with one attached hydrogen (secondary N) is 1. The molecule has 0 saturated carbocycles. The molecule has 0 aliphatic rings. The Kier molecular flexibility index (Phi) is 53.8. The number of carbonyl (C=O) groups excluding carboxylic acids is 3. The van der Waals surface area contributed by atoms with Crippen molar-refractivity contribution < 1.29 is 23.9 Å². The van der Waals surface area contributed by atoms with Crippen LogP contribution in [0.15, 0.2) is 0 Å². The summed E-state index contributed by atoms with van der Waals surface area (Å²) in [6, 6.07) is 0.276. The van der Waals surface area contributed by atoms with Gasteiger partial charge in [-0.3, -0.25) is 14.4 Å². The molecule has 0 aromatic heterocycles. The van der Waals surface area contributed by atoms with Crippen LogP contribution in [0.25, 0.3) is 0 Å². The number of unbranched alkanes of at least 4 members (excludes halogenated alkanes) is 28. The zero-order valence-corrected chi connectivity index (χ0v) is 48.3. The molecule has 2 atom stereocenters. The van der Waals surface area contributed by atoms with Gasteiger partial charge in [0.2, 0.25) is 5.91 Å². The second-order valence-electron chi connectivity index (χ2n) is 22.5. The van der Waals surface area contributed by atoms with Crippen molar-refractivity contribution in [3.05, 3.63) is 0 Å². The highest BCUT2D eigenvalue weighted by Gasteiger charge is 2.14. The normalized spacial score (nSPS) is 12.5. The number of rotatable bonds is 57. The van der Waals surface area contributed by atoms with Gasteiger partial charge in [-0.25, -0.2) is 0 Å². The van der Waals surface area contributed by atoms with Crippen LogP contribution in [-0.2, 0) is 23.9 Å². The molecule has 0 aromatic rings. The zero-order valence-electron chi connectivity index (χ0n) is 48.3. The van der Waals surface area contributed by atoms with E-state index in [1.165, 1.54) is 218 Å². The van der Waals surface area contributed by atoms with Gasteiger partial charge in [-0.1, -0.05) is 259 Å². The first kappa shape index (κ1) is 68.4. The molecule has 0 heterocycles. The van der Waals surface area contributed by atoms with E-state index in [0.717, 1.165) is 89.0 Å². The summed E-state index contributed by atoms with van der Waals surface area (Å²) in [4.78, 5) is 39.8. The Hall–Kier alpha value is -1.63. The van der Waals surface area contributed by atoms with Crippen molar-refractivity contribution in [2.75, 3.05) is 33.9 Å². The average molecular weight is 990 g/mol. The Morgan fingerprint density at radius 1 is 0.343 bits per heavy atom. The van der Waals surface area contributed by atoms with E-state index in [1.807, 2.05) is 0 Å². The molecule has 0 fully saturated rings. The van der Waals surface area contributed by atoms with E-state index in [9.17, 15) is 14.4 Å². The molecule has 416 valence electrons. The first-order valence-corrected chi connectivity index (χ1v) is 31.5. The second-order valence-corrected chi connectivity index (χ2v) is 22.5. The van der Waals surface area contributed by atoms with Gasteiger partial charge in [0, 0.05) is 25.3 Å². The van der Waals surface area contributed by atoms with Crippen LogP contribution < -0.4 is 5.32 Å². The van der Waals surface area contributed by atoms with Crippen molar-refractivity contribution in [1.82, 2.24) is 10.2 Å². The highest BCUT2D eigenvalue weighted by Crippen LogP contribution is 2.26. The predicted molar refractivity (Wildman–Crippen MR) is 304 cm³/mol. The summed E-state index contributed by atoms with van der Waals surface area (Å²) < 4.78 is 11.3. The fraction of sp³-hybridized carbons (Fsp3) is 0.952. The SMILES string of the molecule is CCCCCCCC(CCCCC)CCCCOC(=O)CCCCCCCCCC(CCCCCCCCCC(=O)OCCCCC(CCCCCCC)CCCCCCC)NC(=O)CCCN(C)C. The molecular weight excluding hydrogens is 865 g/mol. The fourth-order valence-electron chi connectivity index (χ4n) is 10.5. The maximum Gasteiger partial charge on any atom is 0.305 e. The quantitative estimate of drug-likeness (QED) is 0.0483. The van der Waals surface area contributed by atoms with Gasteiger partial charge in [0.1, 0.15) is 0 Å². The number of esters is 2. The number of amides is 1. The highest BCUT2D eigenvalue weighted by atomic mass is 16.5. The van der Waals surface area contributed by atoms with Gasteiger partial charge in [0.25, 0.3) is 0 Å². The number of ether oxygens (including phenoxy) is 2. The molecule has 0 aliphatic carbocycles. The van der Waals surface area contributed by atoms with Gasteiger partial charge < -0.3 is 19.7 Å². The van der Waals surface area contributed by atoms with E-state index in [4.69, 9.17) is 9.47 Å². The summed E-state index contributed by atoms with van der Waals surface area (Å²) in [6.07, 6.45) is 57.9. The molecule has 0 rings (SSSR count). The summed E-state index contributed by atoms with van der Waals surface area (Å²) in [5, 5.41) is 3.40. The predicted octanol–water partition coefficient (Wildman–Crippen LogP) is 19.2. The standard InChI is InChI=1S/C63H124N2O5/c1-7-11-15-24-32-45-58(44-31-14-10-4)48-39-41-56-69-62(67)53-37-29-22-18-20-27-35-50-60(64-61(66)52-43-55-65(5)6)51-36-28-21-19-23-30-38-54-63(68)70-57-42-40-49-59(46-33-25-16-12-8-2)47-34-26-17-13-9-3/h58-60H,7-57H2,1-6H3,(H,64,66). The van der Waals surface area contributed by atoms with Crippen molar-refractivity contribution in [3.63, 3.8) is 0 Å². The molecular formula is C63H124N2O5. The van der Waals surface area contributed by atoms with Crippen LogP contribution >= 0.6 is 0 Å². The first-order chi connectivity index (χ1) is 34.2. The third-order valence-corrected chi connectivity index (χ3v) is 15.1. The molecule has 70 heavy (non-hydrogen) atoms. The van der Waals surface area contributed by atoms with Crippen LogP contribution in [0.2, 0.25) is 0 Å². The molecule has 0 radical (unpaired) electrons. The molecule has 7 nitrogen and oxygen atoms in total. The number of nitrogens with zero attached hydrogens (tertiary/aromatic N) is 1. The molecule has 0 spiro atoms. The lowest BCUT2D eigenvalue weighted by Gasteiger charge is -2.19. The fourth-order valence-corrected chi connectivity index (χ4v) is 10.5. The van der Waals surface area contributed by atoms with E-state index in [-0.39, 0.29) is 23.9 Å². The van der Waals surface area contributed by atoms with Gasteiger partial charge in [0.15, 0.2) is 0 Å². The Morgan fingerprint density at radius 3 is 0.986 bits per heavy atom. The Labute approximate surface area is 437 Å². The minimum Gasteiger partial charge on any atom is -0.466 e. The third-order valence-electron chi connectivity index (χ3n) is 15.1. The van der Waals surface area contributed by atoms with Gasteiger partial charge in [-0.2, -0.15) is 0 Å². The van der Waals surface area contributed by atoms with Crippen molar-refractivity contribution in [3.8, 4) is 0 Å². The Bertz CT molecular complexity index is 1080. The van der Waals surface area contributed by atoms with Crippen molar-refractivity contribution in [2.24, 2.45) is 11.8 Å². The molecule has 0 aromatic carbocycles. The van der Waals surface area contributed by atoms with E-state index < -0.39 is 0 Å². The summed E-state index contributed by atoms with van der Waals surface area (Å²) in [6.45, 7) is 11.3. The lowest BCUT2D eigenvalue weighted by atomic mass is 9.90. The molecule has 2 unspecified atom stereocenters. The van der Waals surface area contributed by atoms with E-state index in [0.29, 0.717) is 32.5 Å². The van der Waals surface area contributed by atoms with Crippen LogP contribution in [0, 0.1) is 11.8 Å². The van der Waals surface area contributed by atoms with Gasteiger partial charge >= 0.3 is 11.9 Å². The van der Waals surface area contributed by atoms with E-state index in [2.05, 4.69) is 52.0 Å². The van der Waals surface area contributed by atoms with Crippen LogP contribution in [0.4, 0.5) is 0 Å². The van der Waals surface area contributed by atoms with Crippen LogP contribution in [0.5, 0.6) is 0 Å². The highest BCUT2D eigenvalue weighted by molar-refractivity contribution is 5.76. The maximum atomic E-state index is 12.8. The molecule has 7 heteroatoms. The zero-order chi connectivity index (χ0) is 51.2. The summed E-state index contributed by atoms with van der Waals surface area (Å²) in [5.74, 6) is 1.91. The van der Waals surface area contributed by atoms with Crippen LogP contribution in [0.3, 0.4) is 0 Å². The Morgan fingerprint density at radius 2 is 0.629 bits per heavy atom. The average Bonchev–Trinajstić information content (AvgIpc) is 3.34. The van der Waals surface area contributed by atoms with Gasteiger partial charge in [0.05, 0.1) is 13.2 Å². The molecule has 1 amide bonds. The smallest absolute Gasteiger partial charge is 0.305 e. The van der Waals surface area contributed by atoms with Gasteiger partial charge in [-0.05, 0) is 90.3 Å². The monoisotopic (exact) mass is 989 g/mol. The van der Waals surface area contributed by atoms with Crippen LogP contribution in [-0.4, -0.2) is 62.6 Å². The van der Waals surface area contributed by atoms with Gasteiger partial charge in [-0.15, -0.1) is 0 Å². The van der Waals surface area contributed by atoms with Crippen molar-refractivity contribution in [1.29, 1.82) is 0 Å². The first-order valence-electron chi connectivity index (χ1n) is 31.5. The Balaban J connectivity index is 4.20. The number of hydrogen-bond donors (Lipinski definition) is 1. The third kappa shape index (κ3) is 51.3. The molecule has 0 saturated heterocycles. The largest absolute Gasteiger partial charge is 0.466 e. The molecule has 0 bridgehead atoms.